The molecule has 5 nitrogen and oxygen atoms in total. The van der Waals surface area contributed by atoms with E-state index in [-0.39, 0.29) is 12.2 Å². The molecule has 0 aliphatic heterocycles. The summed E-state index contributed by atoms with van der Waals surface area (Å²) in [5.74, 6) is 1.25. The van der Waals surface area contributed by atoms with Gasteiger partial charge in [-0.2, -0.15) is 0 Å². The first-order chi connectivity index (χ1) is 9.26. The van der Waals surface area contributed by atoms with Crippen LogP contribution in [0.5, 0.6) is 0 Å². The number of hydrogen-bond acceptors (Lipinski definition) is 4. The highest BCUT2D eigenvalue weighted by Crippen LogP contribution is 2.31. The van der Waals surface area contributed by atoms with Crippen LogP contribution in [0.1, 0.15) is 32.6 Å². The van der Waals surface area contributed by atoms with Crippen LogP contribution in [0.2, 0.25) is 0 Å². The number of anilines is 1. The third kappa shape index (κ3) is 3.35. The fraction of sp³-hybridized carbons (Fsp3) is 0.714. The van der Waals surface area contributed by atoms with Crippen molar-refractivity contribution in [1.82, 2.24) is 9.55 Å². The molecule has 2 unspecified atom stereocenters. The second-order valence-corrected chi connectivity index (χ2v) is 5.29. The van der Waals surface area contributed by atoms with Gasteiger partial charge in [-0.1, -0.05) is 13.3 Å². The van der Waals surface area contributed by atoms with Crippen LogP contribution in [0.3, 0.4) is 0 Å². The summed E-state index contributed by atoms with van der Waals surface area (Å²) >= 11 is 0. The Bertz CT molecular complexity index is 458. The second kappa shape index (κ2) is 6.70. The molecular weight excluding hydrogens is 242 g/mol. The van der Waals surface area contributed by atoms with Gasteiger partial charge >= 0.3 is 0 Å². The Hall–Kier alpha value is -1.36. The van der Waals surface area contributed by atoms with Crippen molar-refractivity contribution in [3.63, 3.8) is 0 Å². The van der Waals surface area contributed by atoms with E-state index in [4.69, 9.17) is 0 Å². The van der Waals surface area contributed by atoms with Gasteiger partial charge in [-0.05, 0) is 31.1 Å². The molecule has 0 radical (unpaired) electrons. The molecule has 1 aromatic heterocycles. The van der Waals surface area contributed by atoms with E-state index in [0.29, 0.717) is 17.7 Å². The Morgan fingerprint density at radius 2 is 2.26 bits per heavy atom. The maximum atomic E-state index is 12.1. The van der Waals surface area contributed by atoms with E-state index >= 15 is 0 Å². The van der Waals surface area contributed by atoms with Crippen LogP contribution in [-0.4, -0.2) is 27.8 Å². The van der Waals surface area contributed by atoms with Gasteiger partial charge in [0.05, 0.1) is 0 Å². The van der Waals surface area contributed by atoms with E-state index in [9.17, 15) is 9.90 Å². The molecule has 2 rings (SSSR count). The Labute approximate surface area is 113 Å². The molecule has 1 saturated carbocycles. The minimum atomic E-state index is -0.0529. The molecule has 1 aliphatic carbocycles. The predicted octanol–water partition coefficient (Wildman–Crippen LogP) is 1.47. The highest BCUT2D eigenvalue weighted by molar-refractivity contribution is 5.30. The van der Waals surface area contributed by atoms with Crippen molar-refractivity contribution in [2.75, 3.05) is 18.5 Å². The topological polar surface area (TPSA) is 67.2 Å². The van der Waals surface area contributed by atoms with Crippen LogP contribution in [-0.2, 0) is 6.54 Å². The Balaban J connectivity index is 1.99. The molecule has 0 aromatic carbocycles. The van der Waals surface area contributed by atoms with Crippen LogP contribution in [0.25, 0.3) is 0 Å². The fourth-order valence-electron chi connectivity index (χ4n) is 2.84. The number of aliphatic hydroxyl groups is 1. The summed E-state index contributed by atoms with van der Waals surface area (Å²) in [6, 6.07) is 0. The molecular formula is C14H23N3O2. The van der Waals surface area contributed by atoms with Crippen molar-refractivity contribution < 1.29 is 5.11 Å². The second-order valence-electron chi connectivity index (χ2n) is 5.29. The summed E-state index contributed by atoms with van der Waals surface area (Å²) in [5, 5.41) is 12.5. The number of aliphatic hydroxyl groups excluding tert-OH is 1. The lowest BCUT2D eigenvalue weighted by atomic mass is 9.97. The van der Waals surface area contributed by atoms with Gasteiger partial charge in [0.25, 0.3) is 5.56 Å². The molecule has 0 spiro atoms. The maximum absolute atomic E-state index is 12.1. The molecule has 2 atom stereocenters. The standard InChI is InChI=1S/C14H23N3O2/c1-2-7-17-8-6-15-13(14(17)19)16-9-11-4-3-5-12(11)10-18/h6,8,11-12,18H,2-5,7,9-10H2,1H3,(H,15,16). The largest absolute Gasteiger partial charge is 0.396 e. The number of rotatable bonds is 6. The molecule has 5 heteroatoms. The fourth-order valence-corrected chi connectivity index (χ4v) is 2.84. The number of nitrogens with zero attached hydrogens (tertiary/aromatic N) is 2. The normalized spacial score (nSPS) is 22.6. The molecule has 0 saturated heterocycles. The van der Waals surface area contributed by atoms with E-state index < -0.39 is 0 Å². The summed E-state index contributed by atoms with van der Waals surface area (Å²) in [4.78, 5) is 16.2. The summed E-state index contributed by atoms with van der Waals surface area (Å²) in [5.41, 5.74) is -0.0529. The highest BCUT2D eigenvalue weighted by atomic mass is 16.3. The van der Waals surface area contributed by atoms with Crippen molar-refractivity contribution >= 4 is 5.82 Å². The molecule has 0 amide bonds. The van der Waals surface area contributed by atoms with Gasteiger partial charge in [0.1, 0.15) is 0 Å². The quantitative estimate of drug-likeness (QED) is 0.817. The van der Waals surface area contributed by atoms with E-state index in [1.807, 2.05) is 6.92 Å². The summed E-state index contributed by atoms with van der Waals surface area (Å²) < 4.78 is 1.69. The molecule has 106 valence electrons. The van der Waals surface area contributed by atoms with Crippen LogP contribution < -0.4 is 10.9 Å². The molecule has 0 bridgehead atoms. The lowest BCUT2D eigenvalue weighted by Crippen LogP contribution is -2.28. The van der Waals surface area contributed by atoms with E-state index in [1.165, 1.54) is 6.42 Å². The SMILES string of the molecule is CCCn1ccnc(NCC2CCCC2CO)c1=O. The van der Waals surface area contributed by atoms with Crippen molar-refractivity contribution in [2.45, 2.75) is 39.2 Å². The third-order valence-corrected chi connectivity index (χ3v) is 3.96. The van der Waals surface area contributed by atoms with Crippen LogP contribution in [0.15, 0.2) is 17.2 Å². The summed E-state index contributed by atoms with van der Waals surface area (Å²) in [6.07, 6.45) is 7.69. The zero-order valence-electron chi connectivity index (χ0n) is 11.5. The van der Waals surface area contributed by atoms with E-state index in [0.717, 1.165) is 32.4 Å². The minimum Gasteiger partial charge on any atom is -0.396 e. The molecule has 1 heterocycles. The lowest BCUT2D eigenvalue weighted by molar-refractivity contribution is 0.199. The average Bonchev–Trinajstić information content (AvgIpc) is 2.87. The zero-order valence-corrected chi connectivity index (χ0v) is 11.5. The first-order valence-corrected chi connectivity index (χ1v) is 7.16. The Kier molecular flexibility index (Phi) is 4.96. The van der Waals surface area contributed by atoms with Crippen molar-refractivity contribution in [2.24, 2.45) is 11.8 Å². The van der Waals surface area contributed by atoms with Crippen molar-refractivity contribution in [3.8, 4) is 0 Å². The Morgan fingerprint density at radius 1 is 1.47 bits per heavy atom. The molecule has 1 fully saturated rings. The van der Waals surface area contributed by atoms with Crippen LogP contribution in [0, 0.1) is 11.8 Å². The van der Waals surface area contributed by atoms with Gasteiger partial charge < -0.3 is 15.0 Å². The minimum absolute atomic E-state index is 0.0529. The Morgan fingerprint density at radius 3 is 3.00 bits per heavy atom. The number of aromatic nitrogens is 2. The van der Waals surface area contributed by atoms with E-state index in [2.05, 4.69) is 10.3 Å². The highest BCUT2D eigenvalue weighted by Gasteiger charge is 2.26. The first kappa shape index (κ1) is 14.1. The monoisotopic (exact) mass is 265 g/mol. The van der Waals surface area contributed by atoms with Gasteiger partial charge in [-0.15, -0.1) is 0 Å². The van der Waals surface area contributed by atoms with Crippen molar-refractivity contribution in [3.05, 3.63) is 22.7 Å². The lowest BCUT2D eigenvalue weighted by Gasteiger charge is -2.18. The summed E-state index contributed by atoms with van der Waals surface area (Å²) in [7, 11) is 0. The number of aryl methyl sites for hydroxylation is 1. The average molecular weight is 265 g/mol. The summed E-state index contributed by atoms with van der Waals surface area (Å²) in [6.45, 7) is 3.74. The van der Waals surface area contributed by atoms with Gasteiger partial charge in [0.15, 0.2) is 5.82 Å². The van der Waals surface area contributed by atoms with Gasteiger partial charge in [0, 0.05) is 32.1 Å². The molecule has 19 heavy (non-hydrogen) atoms. The van der Waals surface area contributed by atoms with Crippen LogP contribution in [0.4, 0.5) is 5.82 Å². The first-order valence-electron chi connectivity index (χ1n) is 7.16. The number of hydrogen-bond donors (Lipinski definition) is 2. The zero-order chi connectivity index (χ0) is 13.7. The molecule has 1 aliphatic rings. The van der Waals surface area contributed by atoms with Crippen LogP contribution >= 0.6 is 0 Å². The van der Waals surface area contributed by atoms with Gasteiger partial charge in [0.2, 0.25) is 0 Å². The molecule has 2 N–H and O–H groups in total. The third-order valence-electron chi connectivity index (χ3n) is 3.96. The van der Waals surface area contributed by atoms with E-state index in [1.54, 1.807) is 17.0 Å². The van der Waals surface area contributed by atoms with Gasteiger partial charge in [-0.25, -0.2) is 4.98 Å². The number of nitrogens with one attached hydrogen (secondary N) is 1. The van der Waals surface area contributed by atoms with Crippen molar-refractivity contribution in [1.29, 1.82) is 0 Å². The predicted molar refractivity (Wildman–Crippen MR) is 75.2 cm³/mol. The van der Waals surface area contributed by atoms with Gasteiger partial charge in [-0.3, -0.25) is 4.79 Å². The smallest absolute Gasteiger partial charge is 0.293 e. The molecule has 1 aromatic rings. The maximum Gasteiger partial charge on any atom is 0.293 e.